The Balaban J connectivity index is 1.93. The lowest BCUT2D eigenvalue weighted by molar-refractivity contribution is -0.142. The molecule has 164 valence electrons. The highest BCUT2D eigenvalue weighted by Crippen LogP contribution is 2.39. The van der Waals surface area contributed by atoms with Gasteiger partial charge in [0.1, 0.15) is 28.0 Å². The van der Waals surface area contributed by atoms with Gasteiger partial charge in [-0.1, -0.05) is 61.2 Å². The van der Waals surface area contributed by atoms with E-state index in [0.29, 0.717) is 13.0 Å². The molecule has 0 aliphatic carbocycles. The normalized spacial score (nSPS) is 12.0. The summed E-state index contributed by atoms with van der Waals surface area (Å²) >= 11 is 1.42. The number of hydrogen-bond donors (Lipinski definition) is 0. The fourth-order valence-corrected chi connectivity index (χ4v) is 4.67. The highest BCUT2D eigenvalue weighted by molar-refractivity contribution is 8.00. The molecule has 4 rings (SSSR count). The molecule has 32 heavy (non-hydrogen) atoms. The summed E-state index contributed by atoms with van der Waals surface area (Å²) in [6, 6.07) is 17.9. The number of para-hydroxylation sites is 2. The number of fused-ring (bicyclic) bond motifs is 1. The SMILES string of the molecule is CCOC(=O)C(CC)Sc1ncnc2c1c(-c1ccccc1)cn2-c1ccccc1OC. The van der Waals surface area contributed by atoms with E-state index >= 15 is 0 Å². The maximum absolute atomic E-state index is 12.5. The molecule has 1 atom stereocenters. The highest BCUT2D eigenvalue weighted by Gasteiger charge is 2.24. The number of aromatic nitrogens is 3. The van der Waals surface area contributed by atoms with Gasteiger partial charge in [0.25, 0.3) is 0 Å². The third-order valence-corrected chi connectivity index (χ3v) is 6.49. The lowest BCUT2D eigenvalue weighted by Crippen LogP contribution is -2.19. The molecule has 0 bridgehead atoms. The van der Waals surface area contributed by atoms with E-state index in [1.165, 1.54) is 11.8 Å². The Bertz CT molecular complexity index is 1220. The summed E-state index contributed by atoms with van der Waals surface area (Å²) in [6.45, 7) is 4.15. The van der Waals surface area contributed by atoms with Crippen molar-refractivity contribution in [2.24, 2.45) is 0 Å². The Morgan fingerprint density at radius 2 is 1.81 bits per heavy atom. The van der Waals surface area contributed by atoms with Crippen LogP contribution in [-0.2, 0) is 9.53 Å². The van der Waals surface area contributed by atoms with E-state index in [9.17, 15) is 4.79 Å². The predicted octanol–water partition coefficient (Wildman–Crippen LogP) is 5.53. The number of esters is 1. The minimum absolute atomic E-state index is 0.225. The van der Waals surface area contributed by atoms with Crippen LogP contribution in [0.15, 0.2) is 72.1 Å². The van der Waals surface area contributed by atoms with Gasteiger partial charge in [0, 0.05) is 11.8 Å². The van der Waals surface area contributed by atoms with Crippen LogP contribution in [0.25, 0.3) is 27.8 Å². The second kappa shape index (κ2) is 9.87. The fourth-order valence-electron chi connectivity index (χ4n) is 3.64. The van der Waals surface area contributed by atoms with E-state index < -0.39 is 0 Å². The average Bonchev–Trinajstić information content (AvgIpc) is 3.23. The molecule has 0 aliphatic heterocycles. The molecule has 0 saturated carbocycles. The standard InChI is InChI=1S/C25H25N3O3S/c1-4-21(25(29)31-5-2)32-24-22-18(17-11-7-6-8-12-17)15-28(23(22)26-16-27-24)19-13-9-10-14-20(19)30-3/h6-16,21H,4-5H2,1-3H3. The molecule has 2 heterocycles. The summed E-state index contributed by atoms with van der Waals surface area (Å²) in [5.41, 5.74) is 3.68. The van der Waals surface area contributed by atoms with Gasteiger partial charge in [0.2, 0.25) is 0 Å². The fraction of sp³-hybridized carbons (Fsp3) is 0.240. The van der Waals surface area contributed by atoms with E-state index in [1.54, 1.807) is 13.4 Å². The van der Waals surface area contributed by atoms with Crippen molar-refractivity contribution in [3.8, 4) is 22.6 Å². The zero-order valence-electron chi connectivity index (χ0n) is 18.3. The van der Waals surface area contributed by atoms with Crippen molar-refractivity contribution in [2.45, 2.75) is 30.5 Å². The Labute approximate surface area is 191 Å². The van der Waals surface area contributed by atoms with Gasteiger partial charge in [0.15, 0.2) is 0 Å². The minimum Gasteiger partial charge on any atom is -0.495 e. The van der Waals surface area contributed by atoms with Gasteiger partial charge in [-0.2, -0.15) is 0 Å². The van der Waals surface area contributed by atoms with Crippen LogP contribution in [0.1, 0.15) is 20.3 Å². The van der Waals surface area contributed by atoms with Gasteiger partial charge in [-0.3, -0.25) is 9.36 Å². The zero-order chi connectivity index (χ0) is 22.5. The topological polar surface area (TPSA) is 66.2 Å². The third kappa shape index (κ3) is 4.21. The molecule has 6 nitrogen and oxygen atoms in total. The van der Waals surface area contributed by atoms with Crippen molar-refractivity contribution < 1.29 is 14.3 Å². The lowest BCUT2D eigenvalue weighted by Gasteiger charge is -2.14. The van der Waals surface area contributed by atoms with Crippen LogP contribution in [0.4, 0.5) is 0 Å². The quantitative estimate of drug-likeness (QED) is 0.201. The summed E-state index contributed by atoms with van der Waals surface area (Å²) in [6.07, 6.45) is 4.24. The number of methoxy groups -OCH3 is 1. The highest BCUT2D eigenvalue weighted by atomic mass is 32.2. The molecule has 0 aliphatic rings. The van der Waals surface area contributed by atoms with Gasteiger partial charge >= 0.3 is 5.97 Å². The second-order valence-corrected chi connectivity index (χ2v) is 8.29. The zero-order valence-corrected chi connectivity index (χ0v) is 19.1. The number of rotatable bonds is 8. The van der Waals surface area contributed by atoms with Crippen LogP contribution in [0.2, 0.25) is 0 Å². The van der Waals surface area contributed by atoms with Crippen LogP contribution >= 0.6 is 11.8 Å². The van der Waals surface area contributed by atoms with Crippen LogP contribution in [0.5, 0.6) is 5.75 Å². The van der Waals surface area contributed by atoms with E-state index in [4.69, 9.17) is 9.47 Å². The van der Waals surface area contributed by atoms with E-state index in [1.807, 2.05) is 60.9 Å². The van der Waals surface area contributed by atoms with Gasteiger partial charge in [0.05, 0.1) is 24.8 Å². The molecule has 0 fully saturated rings. The molecular weight excluding hydrogens is 422 g/mol. The molecule has 0 N–H and O–H groups in total. The molecule has 0 radical (unpaired) electrons. The molecule has 0 spiro atoms. The smallest absolute Gasteiger partial charge is 0.319 e. The molecule has 2 aromatic heterocycles. The van der Waals surface area contributed by atoms with E-state index in [2.05, 4.69) is 28.3 Å². The Morgan fingerprint density at radius 1 is 1.06 bits per heavy atom. The van der Waals surface area contributed by atoms with Gasteiger partial charge < -0.3 is 9.47 Å². The Kier molecular flexibility index (Phi) is 6.75. The van der Waals surface area contributed by atoms with Crippen LogP contribution in [0, 0.1) is 0 Å². The minimum atomic E-state index is -0.341. The summed E-state index contributed by atoms with van der Waals surface area (Å²) in [5.74, 6) is 0.520. The molecule has 2 aromatic carbocycles. The maximum atomic E-state index is 12.5. The second-order valence-electron chi connectivity index (χ2n) is 7.09. The van der Waals surface area contributed by atoms with Crippen molar-refractivity contribution in [1.82, 2.24) is 14.5 Å². The number of hydrogen-bond acceptors (Lipinski definition) is 6. The van der Waals surface area contributed by atoms with E-state index in [-0.39, 0.29) is 11.2 Å². The number of thioether (sulfide) groups is 1. The number of benzene rings is 2. The first-order chi connectivity index (χ1) is 15.7. The number of ether oxygens (including phenoxy) is 2. The summed E-state index contributed by atoms with van der Waals surface area (Å²) in [4.78, 5) is 21.7. The predicted molar refractivity (Wildman–Crippen MR) is 127 cm³/mol. The van der Waals surface area contributed by atoms with Crippen LogP contribution in [0.3, 0.4) is 0 Å². The summed E-state index contributed by atoms with van der Waals surface area (Å²) in [5, 5.41) is 1.31. The van der Waals surface area contributed by atoms with Gasteiger partial charge in [-0.15, -0.1) is 0 Å². The molecular formula is C25H25N3O3S. The van der Waals surface area contributed by atoms with Crippen LogP contribution < -0.4 is 4.74 Å². The van der Waals surface area contributed by atoms with Crippen molar-refractivity contribution in [1.29, 1.82) is 0 Å². The lowest BCUT2D eigenvalue weighted by atomic mass is 10.1. The molecule has 4 aromatic rings. The number of carbonyl (C=O) groups excluding carboxylic acids is 1. The average molecular weight is 448 g/mol. The molecule has 0 saturated heterocycles. The monoisotopic (exact) mass is 447 g/mol. The van der Waals surface area contributed by atoms with Crippen molar-refractivity contribution in [3.05, 3.63) is 67.1 Å². The molecule has 0 amide bonds. The maximum Gasteiger partial charge on any atom is 0.319 e. The van der Waals surface area contributed by atoms with Gasteiger partial charge in [-0.25, -0.2) is 9.97 Å². The third-order valence-electron chi connectivity index (χ3n) is 5.15. The van der Waals surface area contributed by atoms with E-state index in [0.717, 1.165) is 38.6 Å². The van der Waals surface area contributed by atoms with Crippen molar-refractivity contribution in [2.75, 3.05) is 13.7 Å². The van der Waals surface area contributed by atoms with Gasteiger partial charge in [-0.05, 0) is 31.0 Å². The van der Waals surface area contributed by atoms with Crippen molar-refractivity contribution >= 4 is 28.8 Å². The molecule has 1 unspecified atom stereocenters. The summed E-state index contributed by atoms with van der Waals surface area (Å²) in [7, 11) is 1.66. The largest absolute Gasteiger partial charge is 0.495 e. The Morgan fingerprint density at radius 3 is 2.53 bits per heavy atom. The molecule has 7 heteroatoms. The number of carbonyl (C=O) groups is 1. The first-order valence-corrected chi connectivity index (χ1v) is 11.4. The van der Waals surface area contributed by atoms with Crippen molar-refractivity contribution in [3.63, 3.8) is 0 Å². The number of nitrogens with zero attached hydrogens (tertiary/aromatic N) is 3. The summed E-state index contributed by atoms with van der Waals surface area (Å²) < 4.78 is 12.9. The first kappa shape index (κ1) is 21.9. The van der Waals surface area contributed by atoms with Crippen LogP contribution in [-0.4, -0.2) is 39.5 Å². The Hall–Kier alpha value is -3.32. The first-order valence-electron chi connectivity index (χ1n) is 10.6.